The van der Waals surface area contributed by atoms with Crippen molar-refractivity contribution < 1.29 is 4.74 Å². The fourth-order valence-corrected chi connectivity index (χ4v) is 1.74. The maximum absolute atomic E-state index is 5.84. The molecule has 0 aromatic heterocycles. The van der Waals surface area contributed by atoms with Crippen molar-refractivity contribution >= 4 is 0 Å². The molecular formula is C14H23NO. The van der Waals surface area contributed by atoms with Gasteiger partial charge in [-0.25, -0.2) is 0 Å². The van der Waals surface area contributed by atoms with Crippen LogP contribution in [0.2, 0.25) is 0 Å². The van der Waals surface area contributed by atoms with Crippen LogP contribution in [0.5, 0.6) is 5.75 Å². The number of benzene rings is 1. The van der Waals surface area contributed by atoms with Gasteiger partial charge in [-0.05, 0) is 25.5 Å². The van der Waals surface area contributed by atoms with Crippen LogP contribution in [0, 0.1) is 5.92 Å². The molecule has 0 fully saturated rings. The Labute approximate surface area is 99.0 Å². The zero-order chi connectivity index (χ0) is 12.0. The lowest BCUT2D eigenvalue weighted by Gasteiger charge is -2.19. The van der Waals surface area contributed by atoms with Crippen molar-refractivity contribution in [3.63, 3.8) is 0 Å². The summed E-state index contributed by atoms with van der Waals surface area (Å²) in [6.07, 6.45) is 1.07. The maximum Gasteiger partial charge on any atom is 0.124 e. The molecule has 0 amide bonds. The minimum atomic E-state index is 0.378. The van der Waals surface area contributed by atoms with Gasteiger partial charge in [-0.3, -0.25) is 0 Å². The van der Waals surface area contributed by atoms with Gasteiger partial charge in [-0.2, -0.15) is 0 Å². The molecule has 2 nitrogen and oxygen atoms in total. The second kappa shape index (κ2) is 6.54. The summed E-state index contributed by atoms with van der Waals surface area (Å²) in [5.41, 5.74) is 1.26. The van der Waals surface area contributed by atoms with Gasteiger partial charge in [0.15, 0.2) is 0 Å². The summed E-state index contributed by atoms with van der Waals surface area (Å²) in [6, 6.07) is 8.67. The van der Waals surface area contributed by atoms with Crippen molar-refractivity contribution in [2.45, 2.75) is 33.2 Å². The number of rotatable bonds is 6. The van der Waals surface area contributed by atoms with E-state index in [2.05, 4.69) is 44.3 Å². The molecule has 2 heteroatoms. The lowest BCUT2D eigenvalue weighted by molar-refractivity contribution is 0.266. The number of para-hydroxylation sites is 1. The molecule has 0 saturated heterocycles. The fourth-order valence-electron chi connectivity index (χ4n) is 1.74. The predicted octanol–water partition coefficient (Wildman–Crippen LogP) is 3.39. The Morgan fingerprint density at radius 2 is 1.94 bits per heavy atom. The molecule has 90 valence electrons. The highest BCUT2D eigenvalue weighted by Gasteiger charge is 2.12. The first-order valence-corrected chi connectivity index (χ1v) is 6.08. The van der Waals surface area contributed by atoms with Gasteiger partial charge in [-0.1, -0.05) is 39.0 Å². The zero-order valence-electron chi connectivity index (χ0n) is 10.8. The Morgan fingerprint density at radius 3 is 2.50 bits per heavy atom. The lowest BCUT2D eigenvalue weighted by atomic mass is 10.0. The molecule has 1 aromatic carbocycles. The van der Waals surface area contributed by atoms with E-state index < -0.39 is 0 Å². The van der Waals surface area contributed by atoms with Gasteiger partial charge >= 0.3 is 0 Å². The van der Waals surface area contributed by atoms with Crippen LogP contribution in [-0.4, -0.2) is 13.7 Å². The van der Waals surface area contributed by atoms with Crippen molar-refractivity contribution in [3.8, 4) is 5.75 Å². The molecule has 0 radical (unpaired) electrons. The average molecular weight is 221 g/mol. The molecule has 1 atom stereocenters. The minimum absolute atomic E-state index is 0.378. The summed E-state index contributed by atoms with van der Waals surface area (Å²) in [4.78, 5) is 0. The summed E-state index contributed by atoms with van der Waals surface area (Å²) in [5.74, 6) is 1.57. The first kappa shape index (κ1) is 13.0. The molecule has 0 bridgehead atoms. The fraction of sp³-hybridized carbons (Fsp3) is 0.571. The molecule has 0 spiro atoms. The molecule has 16 heavy (non-hydrogen) atoms. The third kappa shape index (κ3) is 3.53. The highest BCUT2D eigenvalue weighted by molar-refractivity contribution is 5.35. The van der Waals surface area contributed by atoms with E-state index in [1.54, 1.807) is 0 Å². The first-order chi connectivity index (χ1) is 7.69. The standard InChI is InChI=1S/C14H23NO/c1-5-13(15-4)12-8-6-7-9-14(12)16-10-11(2)3/h6-9,11,13,15H,5,10H2,1-4H3. The van der Waals surface area contributed by atoms with Crippen LogP contribution in [0.4, 0.5) is 0 Å². The van der Waals surface area contributed by atoms with E-state index in [-0.39, 0.29) is 0 Å². The summed E-state index contributed by atoms with van der Waals surface area (Å²) in [6.45, 7) is 7.29. The molecule has 0 heterocycles. The van der Waals surface area contributed by atoms with Crippen molar-refractivity contribution in [3.05, 3.63) is 29.8 Å². The predicted molar refractivity (Wildman–Crippen MR) is 68.9 cm³/mol. The van der Waals surface area contributed by atoms with Crippen LogP contribution in [-0.2, 0) is 0 Å². The highest BCUT2D eigenvalue weighted by atomic mass is 16.5. The van der Waals surface area contributed by atoms with Crippen LogP contribution in [0.15, 0.2) is 24.3 Å². The summed E-state index contributed by atoms with van der Waals surface area (Å²) < 4.78 is 5.84. The molecule has 0 aliphatic carbocycles. The monoisotopic (exact) mass is 221 g/mol. The van der Waals surface area contributed by atoms with E-state index in [9.17, 15) is 0 Å². The van der Waals surface area contributed by atoms with Crippen LogP contribution in [0.25, 0.3) is 0 Å². The van der Waals surface area contributed by atoms with E-state index in [1.807, 2.05) is 13.1 Å². The van der Waals surface area contributed by atoms with E-state index in [1.165, 1.54) is 5.56 Å². The van der Waals surface area contributed by atoms with Gasteiger partial charge in [0.05, 0.1) is 6.61 Å². The maximum atomic E-state index is 5.84. The summed E-state index contributed by atoms with van der Waals surface area (Å²) in [7, 11) is 1.99. The summed E-state index contributed by atoms with van der Waals surface area (Å²) >= 11 is 0. The van der Waals surface area contributed by atoms with Gasteiger partial charge < -0.3 is 10.1 Å². The van der Waals surface area contributed by atoms with Gasteiger partial charge in [0.2, 0.25) is 0 Å². The van der Waals surface area contributed by atoms with Crippen molar-refractivity contribution in [1.82, 2.24) is 5.32 Å². The average Bonchev–Trinajstić information content (AvgIpc) is 2.29. The van der Waals surface area contributed by atoms with Gasteiger partial charge in [0.25, 0.3) is 0 Å². The van der Waals surface area contributed by atoms with Gasteiger partial charge in [0, 0.05) is 11.6 Å². The smallest absolute Gasteiger partial charge is 0.124 e. The second-order valence-electron chi connectivity index (χ2n) is 4.49. The first-order valence-electron chi connectivity index (χ1n) is 6.08. The number of hydrogen-bond acceptors (Lipinski definition) is 2. The molecule has 1 rings (SSSR count). The highest BCUT2D eigenvalue weighted by Crippen LogP contribution is 2.27. The van der Waals surface area contributed by atoms with Gasteiger partial charge in [0.1, 0.15) is 5.75 Å². The minimum Gasteiger partial charge on any atom is -0.493 e. The Kier molecular flexibility index (Phi) is 5.33. The van der Waals surface area contributed by atoms with Crippen LogP contribution >= 0.6 is 0 Å². The molecule has 1 aromatic rings. The van der Waals surface area contributed by atoms with Crippen molar-refractivity contribution in [2.75, 3.05) is 13.7 Å². The molecule has 0 saturated carbocycles. The topological polar surface area (TPSA) is 21.3 Å². The molecule has 0 aliphatic rings. The van der Waals surface area contributed by atoms with Crippen LogP contribution < -0.4 is 10.1 Å². The molecule has 0 aliphatic heterocycles. The Balaban J connectivity index is 2.82. The normalized spacial score (nSPS) is 12.8. The Morgan fingerprint density at radius 1 is 1.25 bits per heavy atom. The largest absolute Gasteiger partial charge is 0.493 e. The molecular weight excluding hydrogens is 198 g/mol. The SMILES string of the molecule is CCC(NC)c1ccccc1OCC(C)C. The van der Waals surface area contributed by atoms with Crippen LogP contribution in [0.1, 0.15) is 38.8 Å². The van der Waals surface area contributed by atoms with E-state index in [4.69, 9.17) is 4.74 Å². The Hall–Kier alpha value is -1.02. The quantitative estimate of drug-likeness (QED) is 0.795. The molecule has 1 N–H and O–H groups in total. The van der Waals surface area contributed by atoms with E-state index in [0.717, 1.165) is 18.8 Å². The van der Waals surface area contributed by atoms with Gasteiger partial charge in [-0.15, -0.1) is 0 Å². The van der Waals surface area contributed by atoms with Crippen LogP contribution in [0.3, 0.4) is 0 Å². The second-order valence-corrected chi connectivity index (χ2v) is 4.49. The van der Waals surface area contributed by atoms with E-state index >= 15 is 0 Å². The lowest BCUT2D eigenvalue weighted by Crippen LogP contribution is -2.17. The number of hydrogen-bond donors (Lipinski definition) is 1. The number of ether oxygens (including phenoxy) is 1. The summed E-state index contributed by atoms with van der Waals surface area (Å²) in [5, 5.41) is 3.32. The van der Waals surface area contributed by atoms with Crippen molar-refractivity contribution in [2.24, 2.45) is 5.92 Å². The van der Waals surface area contributed by atoms with E-state index in [0.29, 0.717) is 12.0 Å². The third-order valence-electron chi connectivity index (χ3n) is 2.62. The zero-order valence-corrected chi connectivity index (χ0v) is 10.8. The third-order valence-corrected chi connectivity index (χ3v) is 2.62. The Bertz CT molecular complexity index is 305. The molecule has 1 unspecified atom stereocenters. The van der Waals surface area contributed by atoms with Crippen molar-refractivity contribution in [1.29, 1.82) is 0 Å². The number of nitrogens with one attached hydrogen (secondary N) is 1.